The van der Waals surface area contributed by atoms with Crippen molar-refractivity contribution < 1.29 is 14.6 Å². The Balaban J connectivity index is 1.64. The Labute approximate surface area is 143 Å². The van der Waals surface area contributed by atoms with Crippen molar-refractivity contribution in [2.75, 3.05) is 25.4 Å². The molecule has 0 spiro atoms. The van der Waals surface area contributed by atoms with E-state index in [1.54, 1.807) is 0 Å². The van der Waals surface area contributed by atoms with E-state index < -0.39 is 6.29 Å². The highest BCUT2D eigenvalue weighted by Gasteiger charge is 2.33. The first kappa shape index (κ1) is 17.1. The number of thioether (sulfide) groups is 1. The van der Waals surface area contributed by atoms with E-state index in [9.17, 15) is 5.11 Å². The quantitative estimate of drug-likeness (QED) is 0.918. The van der Waals surface area contributed by atoms with Gasteiger partial charge in [-0.25, -0.2) is 0 Å². The van der Waals surface area contributed by atoms with E-state index >= 15 is 0 Å². The van der Waals surface area contributed by atoms with Crippen LogP contribution in [0.25, 0.3) is 0 Å². The monoisotopic (exact) mass is 337 g/mol. The summed E-state index contributed by atoms with van der Waals surface area (Å²) in [5.74, 6) is 2.11. The Morgan fingerprint density at radius 2 is 2.17 bits per heavy atom. The van der Waals surface area contributed by atoms with Gasteiger partial charge in [-0.05, 0) is 51.0 Å². The molecule has 2 aliphatic rings. The molecule has 0 radical (unpaired) electrons. The van der Waals surface area contributed by atoms with Crippen LogP contribution in [0.2, 0.25) is 0 Å². The minimum absolute atomic E-state index is 0.0186. The number of morpholine rings is 1. The van der Waals surface area contributed by atoms with Gasteiger partial charge < -0.3 is 14.6 Å². The van der Waals surface area contributed by atoms with Gasteiger partial charge >= 0.3 is 0 Å². The topological polar surface area (TPSA) is 41.9 Å². The lowest BCUT2D eigenvalue weighted by Crippen LogP contribution is -2.56. The van der Waals surface area contributed by atoms with Crippen LogP contribution in [0.3, 0.4) is 0 Å². The fourth-order valence-electron chi connectivity index (χ4n) is 3.11. The van der Waals surface area contributed by atoms with Gasteiger partial charge in [0.2, 0.25) is 0 Å². The van der Waals surface area contributed by atoms with Gasteiger partial charge in [-0.1, -0.05) is 12.1 Å². The van der Waals surface area contributed by atoms with Crippen molar-refractivity contribution in [2.45, 2.75) is 56.4 Å². The number of ether oxygens (including phenoxy) is 2. The molecule has 1 N–H and O–H groups in total. The SMILES string of the molecule is CC(C)(C)N1CC(O)OC(COc2cccc3c2SCCC3)C1. The van der Waals surface area contributed by atoms with Gasteiger partial charge in [-0.3, -0.25) is 4.90 Å². The summed E-state index contributed by atoms with van der Waals surface area (Å²) < 4.78 is 11.7. The summed E-state index contributed by atoms with van der Waals surface area (Å²) in [7, 11) is 0. The summed E-state index contributed by atoms with van der Waals surface area (Å²) in [4.78, 5) is 3.53. The fourth-order valence-corrected chi connectivity index (χ4v) is 4.23. The molecule has 4 nitrogen and oxygen atoms in total. The third kappa shape index (κ3) is 4.21. The maximum Gasteiger partial charge on any atom is 0.167 e. The second kappa shape index (κ2) is 7.01. The first-order valence-corrected chi connectivity index (χ1v) is 9.38. The van der Waals surface area contributed by atoms with Crippen LogP contribution >= 0.6 is 11.8 Å². The van der Waals surface area contributed by atoms with Crippen molar-refractivity contribution in [3.8, 4) is 5.75 Å². The highest BCUT2D eigenvalue weighted by atomic mass is 32.2. The van der Waals surface area contributed by atoms with Crippen LogP contribution in [0, 0.1) is 0 Å². The lowest BCUT2D eigenvalue weighted by molar-refractivity contribution is -0.202. The zero-order chi connectivity index (χ0) is 16.4. The molecule has 2 heterocycles. The van der Waals surface area contributed by atoms with Crippen LogP contribution in [0.5, 0.6) is 5.75 Å². The zero-order valence-electron chi connectivity index (χ0n) is 14.2. The van der Waals surface area contributed by atoms with Crippen molar-refractivity contribution in [1.29, 1.82) is 0 Å². The molecule has 1 aromatic carbocycles. The largest absolute Gasteiger partial charge is 0.490 e. The minimum Gasteiger partial charge on any atom is -0.490 e. The van der Waals surface area contributed by atoms with Crippen LogP contribution in [-0.4, -0.2) is 53.4 Å². The molecule has 2 atom stereocenters. The Kier molecular flexibility index (Phi) is 5.21. The van der Waals surface area contributed by atoms with Crippen molar-refractivity contribution in [1.82, 2.24) is 4.90 Å². The summed E-state index contributed by atoms with van der Waals surface area (Å²) in [6, 6.07) is 6.30. The van der Waals surface area contributed by atoms with Crippen LogP contribution < -0.4 is 4.74 Å². The van der Waals surface area contributed by atoms with E-state index in [0.29, 0.717) is 13.2 Å². The predicted molar refractivity (Wildman–Crippen MR) is 93.2 cm³/mol. The van der Waals surface area contributed by atoms with E-state index in [1.165, 1.54) is 16.9 Å². The molecular formula is C18H27NO3S. The fraction of sp³-hybridized carbons (Fsp3) is 0.667. The Bertz CT molecular complexity index is 544. The maximum atomic E-state index is 9.98. The number of nitrogens with zero attached hydrogens (tertiary/aromatic N) is 1. The molecule has 2 unspecified atom stereocenters. The summed E-state index contributed by atoms with van der Waals surface area (Å²) in [6.45, 7) is 8.29. The second-order valence-electron chi connectivity index (χ2n) is 7.30. The standard InChI is InChI=1S/C18H27NO3S/c1-18(2,3)19-10-14(22-16(20)11-19)12-21-15-8-4-6-13-7-5-9-23-17(13)15/h4,6,8,14,16,20H,5,7,9-12H2,1-3H3. The van der Waals surface area contributed by atoms with E-state index in [-0.39, 0.29) is 11.6 Å². The summed E-state index contributed by atoms with van der Waals surface area (Å²) >= 11 is 1.88. The molecule has 0 aromatic heterocycles. The van der Waals surface area contributed by atoms with Crippen LogP contribution in [-0.2, 0) is 11.2 Å². The number of rotatable bonds is 3. The molecule has 1 fully saturated rings. The van der Waals surface area contributed by atoms with Crippen molar-refractivity contribution in [3.63, 3.8) is 0 Å². The smallest absolute Gasteiger partial charge is 0.167 e. The third-order valence-corrected chi connectivity index (χ3v) is 5.67. The van der Waals surface area contributed by atoms with Gasteiger partial charge in [0, 0.05) is 18.6 Å². The van der Waals surface area contributed by atoms with Crippen LogP contribution in [0.4, 0.5) is 0 Å². The first-order valence-electron chi connectivity index (χ1n) is 8.39. The van der Waals surface area contributed by atoms with Crippen LogP contribution in [0.15, 0.2) is 23.1 Å². The van der Waals surface area contributed by atoms with Gasteiger partial charge in [0.05, 0.1) is 4.90 Å². The number of hydrogen-bond donors (Lipinski definition) is 1. The molecule has 1 saturated heterocycles. The molecule has 2 aliphatic heterocycles. The average Bonchev–Trinajstić information content (AvgIpc) is 2.51. The minimum atomic E-state index is -0.740. The number of aryl methyl sites for hydroxylation is 1. The summed E-state index contributed by atoms with van der Waals surface area (Å²) in [6.07, 6.45) is 1.52. The van der Waals surface area contributed by atoms with Gasteiger partial charge in [-0.2, -0.15) is 0 Å². The highest BCUT2D eigenvalue weighted by Crippen LogP contribution is 2.37. The lowest BCUT2D eigenvalue weighted by atomic mass is 10.0. The van der Waals surface area contributed by atoms with E-state index in [0.717, 1.165) is 24.5 Å². The Morgan fingerprint density at radius 3 is 2.96 bits per heavy atom. The van der Waals surface area contributed by atoms with Crippen molar-refractivity contribution >= 4 is 11.8 Å². The number of fused-ring (bicyclic) bond motifs is 1. The Hall–Kier alpha value is -0.750. The molecule has 0 bridgehead atoms. The third-order valence-electron chi connectivity index (χ3n) is 4.42. The number of aliphatic hydroxyl groups is 1. The van der Waals surface area contributed by atoms with E-state index in [4.69, 9.17) is 9.47 Å². The molecule has 3 rings (SSSR count). The molecule has 5 heteroatoms. The molecule has 0 saturated carbocycles. The molecular weight excluding hydrogens is 310 g/mol. The number of benzene rings is 1. The molecule has 1 aromatic rings. The normalized spacial score (nSPS) is 25.9. The molecule has 128 valence electrons. The first-order chi connectivity index (χ1) is 10.9. The van der Waals surface area contributed by atoms with Crippen molar-refractivity contribution in [2.24, 2.45) is 0 Å². The van der Waals surface area contributed by atoms with Crippen LogP contribution in [0.1, 0.15) is 32.8 Å². The molecule has 23 heavy (non-hydrogen) atoms. The second-order valence-corrected chi connectivity index (χ2v) is 8.40. The number of aliphatic hydroxyl groups excluding tert-OH is 1. The predicted octanol–water partition coefficient (Wildman–Crippen LogP) is 2.92. The van der Waals surface area contributed by atoms with Crippen molar-refractivity contribution in [3.05, 3.63) is 23.8 Å². The highest BCUT2D eigenvalue weighted by molar-refractivity contribution is 7.99. The van der Waals surface area contributed by atoms with Gasteiger partial charge in [0.15, 0.2) is 6.29 Å². The maximum absolute atomic E-state index is 9.98. The number of β-amino-alcohol motifs (C(OH)–C–C–N with tert-alkyl or cyclic N) is 1. The molecule has 0 aliphatic carbocycles. The summed E-state index contributed by atoms with van der Waals surface area (Å²) in [5, 5.41) is 9.98. The summed E-state index contributed by atoms with van der Waals surface area (Å²) in [5.41, 5.74) is 1.41. The lowest BCUT2D eigenvalue weighted by Gasteiger charge is -2.43. The van der Waals surface area contributed by atoms with Gasteiger partial charge in [0.1, 0.15) is 18.5 Å². The Morgan fingerprint density at radius 1 is 1.35 bits per heavy atom. The van der Waals surface area contributed by atoms with E-state index in [1.807, 2.05) is 17.8 Å². The van der Waals surface area contributed by atoms with Gasteiger partial charge in [-0.15, -0.1) is 11.8 Å². The van der Waals surface area contributed by atoms with E-state index in [2.05, 4.69) is 37.8 Å². The van der Waals surface area contributed by atoms with Gasteiger partial charge in [0.25, 0.3) is 0 Å². The molecule has 0 amide bonds. The number of hydrogen-bond acceptors (Lipinski definition) is 5. The zero-order valence-corrected chi connectivity index (χ0v) is 15.1. The average molecular weight is 337 g/mol.